The maximum atomic E-state index is 12.2. The molecule has 6 heteroatoms. The monoisotopic (exact) mass is 345 g/mol. The van der Waals surface area contributed by atoms with Crippen molar-refractivity contribution < 1.29 is 19.1 Å². The van der Waals surface area contributed by atoms with Gasteiger partial charge in [-0.25, -0.2) is 4.79 Å². The summed E-state index contributed by atoms with van der Waals surface area (Å²) < 4.78 is 10.2. The maximum Gasteiger partial charge on any atom is 0.339 e. The number of nitrogens with one attached hydrogen (secondary N) is 1. The molecule has 0 saturated carbocycles. The molecule has 1 aliphatic rings. The summed E-state index contributed by atoms with van der Waals surface area (Å²) in [5, 5.41) is 4.53. The van der Waals surface area contributed by atoms with Gasteiger partial charge in [-0.05, 0) is 55.5 Å². The van der Waals surface area contributed by atoms with Gasteiger partial charge in [-0.1, -0.05) is 0 Å². The van der Waals surface area contributed by atoms with Crippen LogP contribution < -0.4 is 10.1 Å². The van der Waals surface area contributed by atoms with Crippen molar-refractivity contribution in [1.82, 2.24) is 0 Å². The fourth-order valence-electron chi connectivity index (χ4n) is 2.75. The highest BCUT2D eigenvalue weighted by molar-refractivity contribution is 7.10. The van der Waals surface area contributed by atoms with E-state index in [1.165, 1.54) is 11.3 Å². The maximum absolute atomic E-state index is 12.2. The minimum atomic E-state index is -0.417. The Hall–Kier alpha value is -2.34. The molecule has 0 radical (unpaired) electrons. The molecule has 0 fully saturated rings. The molecule has 1 N–H and O–H groups in total. The third-order valence-corrected chi connectivity index (χ3v) is 5.08. The van der Waals surface area contributed by atoms with E-state index in [-0.39, 0.29) is 12.5 Å². The van der Waals surface area contributed by atoms with Crippen LogP contribution in [0.4, 0.5) is 5.69 Å². The van der Waals surface area contributed by atoms with Crippen LogP contribution in [-0.2, 0) is 22.4 Å². The van der Waals surface area contributed by atoms with E-state index in [1.54, 1.807) is 42.7 Å². The van der Waals surface area contributed by atoms with E-state index in [2.05, 4.69) is 5.32 Å². The van der Waals surface area contributed by atoms with Crippen LogP contribution >= 0.6 is 11.3 Å². The van der Waals surface area contributed by atoms with Crippen LogP contribution in [0.5, 0.6) is 5.75 Å². The van der Waals surface area contributed by atoms with Crippen molar-refractivity contribution >= 4 is 28.9 Å². The lowest BCUT2D eigenvalue weighted by atomic mass is 9.96. The van der Waals surface area contributed by atoms with Gasteiger partial charge < -0.3 is 14.8 Å². The number of fused-ring (bicyclic) bond motifs is 1. The highest BCUT2D eigenvalue weighted by Crippen LogP contribution is 2.30. The highest BCUT2D eigenvalue weighted by atomic mass is 32.1. The smallest absolute Gasteiger partial charge is 0.339 e. The molecule has 1 aromatic heterocycles. The van der Waals surface area contributed by atoms with Gasteiger partial charge in [0.15, 0.2) is 6.61 Å². The molecular formula is C18H19NO4S. The van der Waals surface area contributed by atoms with E-state index >= 15 is 0 Å². The standard InChI is InChI=1S/C18H19NO4S/c1-22-13-8-6-12(7-9-13)19-17(20)10-23-18(21)15-11-24-16-5-3-2-4-14(15)16/h6-9,11H,2-5,10H2,1H3,(H,19,20). The second kappa shape index (κ2) is 7.49. The lowest BCUT2D eigenvalue weighted by Crippen LogP contribution is -2.21. The molecule has 0 unspecified atom stereocenters. The molecule has 0 saturated heterocycles. The van der Waals surface area contributed by atoms with Crippen LogP contribution in [0.3, 0.4) is 0 Å². The van der Waals surface area contributed by atoms with Crippen molar-refractivity contribution in [3.63, 3.8) is 0 Å². The third kappa shape index (κ3) is 3.76. The molecule has 0 atom stereocenters. The average Bonchev–Trinajstić information content (AvgIpc) is 3.04. The molecule has 1 aliphatic carbocycles. The summed E-state index contributed by atoms with van der Waals surface area (Å²) in [7, 11) is 1.58. The molecule has 24 heavy (non-hydrogen) atoms. The number of hydrogen-bond acceptors (Lipinski definition) is 5. The summed E-state index contributed by atoms with van der Waals surface area (Å²) in [5.41, 5.74) is 2.35. The fourth-order valence-corrected chi connectivity index (χ4v) is 3.86. The van der Waals surface area contributed by atoms with Crippen molar-refractivity contribution in [2.75, 3.05) is 19.0 Å². The van der Waals surface area contributed by atoms with E-state index < -0.39 is 5.97 Å². The van der Waals surface area contributed by atoms with E-state index in [1.807, 2.05) is 5.38 Å². The molecule has 0 aliphatic heterocycles. The van der Waals surface area contributed by atoms with Crippen LogP contribution in [0, 0.1) is 0 Å². The normalized spacial score (nSPS) is 13.0. The van der Waals surface area contributed by atoms with E-state index in [0.717, 1.165) is 24.8 Å². The van der Waals surface area contributed by atoms with Gasteiger partial charge in [-0.2, -0.15) is 0 Å². The predicted octanol–water partition coefficient (Wildman–Crippen LogP) is 3.43. The second-order valence-corrected chi connectivity index (χ2v) is 6.58. The number of carbonyl (C=O) groups excluding carboxylic acids is 2. The molecule has 2 aromatic rings. The van der Waals surface area contributed by atoms with Crippen LogP contribution in [0.2, 0.25) is 0 Å². The molecule has 126 valence electrons. The van der Waals surface area contributed by atoms with Gasteiger partial charge in [0.2, 0.25) is 0 Å². The first-order chi connectivity index (χ1) is 11.7. The van der Waals surface area contributed by atoms with Crippen molar-refractivity contribution in [2.45, 2.75) is 25.7 Å². The largest absolute Gasteiger partial charge is 0.497 e. The van der Waals surface area contributed by atoms with Gasteiger partial charge >= 0.3 is 5.97 Å². The summed E-state index contributed by atoms with van der Waals surface area (Å²) in [6.07, 6.45) is 4.22. The first-order valence-corrected chi connectivity index (χ1v) is 8.75. The molecule has 5 nitrogen and oxygen atoms in total. The number of methoxy groups -OCH3 is 1. The number of anilines is 1. The summed E-state index contributed by atoms with van der Waals surface area (Å²) >= 11 is 1.61. The topological polar surface area (TPSA) is 64.6 Å². The van der Waals surface area contributed by atoms with E-state index in [0.29, 0.717) is 17.0 Å². The quantitative estimate of drug-likeness (QED) is 0.843. The first-order valence-electron chi connectivity index (χ1n) is 7.87. The number of amides is 1. The Kier molecular flexibility index (Phi) is 5.15. The van der Waals surface area contributed by atoms with Gasteiger partial charge in [0.1, 0.15) is 5.75 Å². The van der Waals surface area contributed by atoms with Gasteiger partial charge in [0, 0.05) is 15.9 Å². The van der Waals surface area contributed by atoms with Gasteiger partial charge in [-0.3, -0.25) is 4.79 Å². The molecule has 1 aromatic carbocycles. The minimum Gasteiger partial charge on any atom is -0.497 e. The van der Waals surface area contributed by atoms with Crippen LogP contribution in [-0.4, -0.2) is 25.6 Å². The number of rotatable bonds is 5. The number of benzene rings is 1. The van der Waals surface area contributed by atoms with Gasteiger partial charge in [0.25, 0.3) is 5.91 Å². The number of hydrogen-bond donors (Lipinski definition) is 1. The average molecular weight is 345 g/mol. The zero-order valence-electron chi connectivity index (χ0n) is 13.5. The predicted molar refractivity (Wildman–Crippen MR) is 92.9 cm³/mol. The summed E-state index contributed by atoms with van der Waals surface area (Å²) in [6.45, 7) is -0.296. The second-order valence-electron chi connectivity index (χ2n) is 5.61. The van der Waals surface area contributed by atoms with Crippen molar-refractivity contribution in [2.24, 2.45) is 0 Å². The molecule has 3 rings (SSSR count). The minimum absolute atomic E-state index is 0.296. The lowest BCUT2D eigenvalue weighted by Gasteiger charge is -2.12. The van der Waals surface area contributed by atoms with Crippen LogP contribution in [0.25, 0.3) is 0 Å². The number of thiophene rings is 1. The Bertz CT molecular complexity index is 736. The van der Waals surface area contributed by atoms with Crippen LogP contribution in [0.1, 0.15) is 33.6 Å². The fraction of sp³-hybridized carbons (Fsp3) is 0.333. The molecule has 0 spiro atoms. The van der Waals surface area contributed by atoms with Crippen LogP contribution in [0.15, 0.2) is 29.6 Å². The first kappa shape index (κ1) is 16.5. The molecule has 0 bridgehead atoms. The highest BCUT2D eigenvalue weighted by Gasteiger charge is 2.21. The molecule has 1 heterocycles. The zero-order chi connectivity index (χ0) is 16.9. The van der Waals surface area contributed by atoms with Gasteiger partial charge in [-0.15, -0.1) is 11.3 Å². The third-order valence-electron chi connectivity index (χ3n) is 3.99. The van der Waals surface area contributed by atoms with E-state index in [4.69, 9.17) is 9.47 Å². The number of ether oxygens (including phenoxy) is 2. The Balaban J connectivity index is 1.54. The Morgan fingerprint density at radius 1 is 1.17 bits per heavy atom. The lowest BCUT2D eigenvalue weighted by molar-refractivity contribution is -0.119. The van der Waals surface area contributed by atoms with Crippen molar-refractivity contribution in [3.8, 4) is 5.75 Å². The van der Waals surface area contributed by atoms with E-state index in [9.17, 15) is 9.59 Å². The van der Waals surface area contributed by atoms with Crippen molar-refractivity contribution in [1.29, 1.82) is 0 Å². The zero-order valence-corrected chi connectivity index (χ0v) is 14.3. The number of aryl methyl sites for hydroxylation is 1. The SMILES string of the molecule is COc1ccc(NC(=O)COC(=O)c2csc3c2CCCC3)cc1. The van der Waals surface area contributed by atoms with Gasteiger partial charge in [0.05, 0.1) is 12.7 Å². The molecular weight excluding hydrogens is 326 g/mol. The van der Waals surface area contributed by atoms with Crippen molar-refractivity contribution in [3.05, 3.63) is 45.6 Å². The summed E-state index contributed by atoms with van der Waals surface area (Å²) in [4.78, 5) is 25.4. The number of carbonyl (C=O) groups is 2. The Morgan fingerprint density at radius 2 is 1.92 bits per heavy atom. The Morgan fingerprint density at radius 3 is 2.67 bits per heavy atom. The molecule has 1 amide bonds. The summed E-state index contributed by atoms with van der Waals surface area (Å²) in [6, 6.07) is 6.96. The Labute approximate surface area is 144 Å². The summed E-state index contributed by atoms with van der Waals surface area (Å²) in [5.74, 6) is -0.0708. The number of esters is 1.